The van der Waals surface area contributed by atoms with Crippen molar-refractivity contribution in [2.45, 2.75) is 33.0 Å². The van der Waals surface area contributed by atoms with Gasteiger partial charge in [0.25, 0.3) is 0 Å². The molecule has 1 heterocycles. The van der Waals surface area contributed by atoms with Gasteiger partial charge in [-0.2, -0.15) is 13.2 Å². The molecule has 76 valence electrons. The molecule has 1 rings (SSSR count). The quantitative estimate of drug-likeness (QED) is 0.581. The molecule has 0 aliphatic carbocycles. The molecule has 1 atom stereocenters. The first-order chi connectivity index (χ1) is 5.71. The molecule has 0 radical (unpaired) electrons. The Morgan fingerprint density at radius 3 is 2.08 bits per heavy atom. The molecule has 5 heteroatoms. The highest BCUT2D eigenvalue weighted by Crippen LogP contribution is 2.30. The predicted molar refractivity (Wildman–Crippen MR) is 42.7 cm³/mol. The third-order valence-corrected chi connectivity index (χ3v) is 1.67. The number of rotatable bonds is 0. The molecule has 1 aliphatic heterocycles. The fourth-order valence-electron chi connectivity index (χ4n) is 0.952. The summed E-state index contributed by atoms with van der Waals surface area (Å²) < 4.78 is 41.3. The third-order valence-electron chi connectivity index (χ3n) is 1.67. The molecule has 0 N–H and O–H groups in total. The Hall–Kier alpha value is -0.740. The molecule has 0 saturated heterocycles. The van der Waals surface area contributed by atoms with Gasteiger partial charge < -0.3 is 4.74 Å². The van der Waals surface area contributed by atoms with E-state index in [0.29, 0.717) is 0 Å². The number of ether oxygens (including phenoxy) is 1. The Balaban J connectivity index is 2.76. The molecule has 0 saturated carbocycles. The molecule has 13 heavy (non-hydrogen) atoms. The number of hydrogen-bond donors (Lipinski definition) is 0. The van der Waals surface area contributed by atoms with E-state index in [1.54, 1.807) is 20.8 Å². The minimum absolute atomic E-state index is 0.190. The molecular weight excluding hydrogens is 183 g/mol. The topological polar surface area (TPSA) is 21.6 Å². The lowest BCUT2D eigenvalue weighted by Gasteiger charge is -2.16. The summed E-state index contributed by atoms with van der Waals surface area (Å²) in [5.74, 6) is 0.190. The van der Waals surface area contributed by atoms with Crippen LogP contribution in [0.25, 0.3) is 0 Å². The Bertz CT molecular complexity index is 227. The summed E-state index contributed by atoms with van der Waals surface area (Å²) in [6.07, 6.45) is -4.28. The molecule has 0 aromatic heterocycles. The maximum Gasteiger partial charge on any atom is 0.414 e. The van der Waals surface area contributed by atoms with E-state index in [0.717, 1.165) is 0 Å². The summed E-state index contributed by atoms with van der Waals surface area (Å²) in [5.41, 5.74) is -0.444. The first-order valence-corrected chi connectivity index (χ1v) is 3.99. The van der Waals surface area contributed by atoms with Gasteiger partial charge in [0.1, 0.15) is 6.61 Å². The summed E-state index contributed by atoms with van der Waals surface area (Å²) in [6.45, 7) is 4.93. The van der Waals surface area contributed by atoms with E-state index < -0.39 is 17.6 Å². The number of aliphatic imine (C=N–C) groups is 1. The van der Waals surface area contributed by atoms with Gasteiger partial charge >= 0.3 is 6.18 Å². The SMILES string of the molecule is CC(C)(C)C1=NC(C(F)(F)F)CO1. The monoisotopic (exact) mass is 195 g/mol. The first-order valence-electron chi connectivity index (χ1n) is 3.99. The van der Waals surface area contributed by atoms with Crippen LogP contribution in [-0.4, -0.2) is 24.7 Å². The molecule has 0 fully saturated rings. The molecule has 0 aromatic rings. The zero-order valence-corrected chi connectivity index (χ0v) is 7.77. The summed E-state index contributed by atoms with van der Waals surface area (Å²) in [6, 6.07) is -1.68. The van der Waals surface area contributed by atoms with Crippen molar-refractivity contribution < 1.29 is 17.9 Å². The smallest absolute Gasteiger partial charge is 0.414 e. The molecular formula is C8H12F3NO. The van der Waals surface area contributed by atoms with Crippen LogP contribution in [0.4, 0.5) is 13.2 Å². The lowest BCUT2D eigenvalue weighted by atomic mass is 9.97. The molecule has 1 aliphatic rings. The number of nitrogens with zero attached hydrogens (tertiary/aromatic N) is 1. The minimum atomic E-state index is -4.28. The zero-order valence-electron chi connectivity index (χ0n) is 7.77. The molecule has 0 aromatic carbocycles. The summed E-state index contributed by atoms with van der Waals surface area (Å²) >= 11 is 0. The fourth-order valence-corrected chi connectivity index (χ4v) is 0.952. The number of hydrogen-bond acceptors (Lipinski definition) is 2. The van der Waals surface area contributed by atoms with E-state index in [9.17, 15) is 13.2 Å². The standard InChI is InChI=1S/C8H12F3NO/c1-7(2,3)6-12-5(4-13-6)8(9,10)11/h5H,4H2,1-3H3. The third kappa shape index (κ3) is 2.35. The van der Waals surface area contributed by atoms with Crippen LogP contribution in [0.3, 0.4) is 0 Å². The van der Waals surface area contributed by atoms with Crippen LogP contribution in [0.2, 0.25) is 0 Å². The lowest BCUT2D eigenvalue weighted by molar-refractivity contribution is -0.149. The largest absolute Gasteiger partial charge is 0.478 e. The highest BCUT2D eigenvalue weighted by Gasteiger charge is 2.45. The van der Waals surface area contributed by atoms with Gasteiger partial charge in [-0.25, -0.2) is 4.99 Å². The highest BCUT2D eigenvalue weighted by molar-refractivity contribution is 5.82. The van der Waals surface area contributed by atoms with Crippen molar-refractivity contribution in [1.82, 2.24) is 0 Å². The highest BCUT2D eigenvalue weighted by atomic mass is 19.4. The van der Waals surface area contributed by atoms with E-state index in [2.05, 4.69) is 4.99 Å². The van der Waals surface area contributed by atoms with Crippen molar-refractivity contribution in [1.29, 1.82) is 0 Å². The van der Waals surface area contributed by atoms with Gasteiger partial charge in [0, 0.05) is 5.41 Å². The van der Waals surface area contributed by atoms with Gasteiger partial charge in [-0.05, 0) is 0 Å². The number of alkyl halides is 3. The van der Waals surface area contributed by atoms with Gasteiger partial charge in [-0.1, -0.05) is 20.8 Å². The maximum absolute atomic E-state index is 12.1. The van der Waals surface area contributed by atoms with Crippen LogP contribution < -0.4 is 0 Å². The molecule has 0 amide bonds. The van der Waals surface area contributed by atoms with Crippen molar-refractivity contribution >= 4 is 5.90 Å². The van der Waals surface area contributed by atoms with Gasteiger partial charge in [-0.15, -0.1) is 0 Å². The first kappa shape index (κ1) is 10.3. The van der Waals surface area contributed by atoms with E-state index in [-0.39, 0.29) is 12.5 Å². The fraction of sp³-hybridized carbons (Fsp3) is 0.875. The van der Waals surface area contributed by atoms with Crippen molar-refractivity contribution in [3.63, 3.8) is 0 Å². The Kier molecular flexibility index (Phi) is 2.30. The zero-order chi connectivity index (χ0) is 10.3. The van der Waals surface area contributed by atoms with Gasteiger partial charge in [0.2, 0.25) is 0 Å². The van der Waals surface area contributed by atoms with Gasteiger partial charge in [-0.3, -0.25) is 0 Å². The predicted octanol–water partition coefficient (Wildman–Crippen LogP) is 2.39. The Morgan fingerprint density at radius 2 is 1.85 bits per heavy atom. The van der Waals surface area contributed by atoms with E-state index in [1.807, 2.05) is 0 Å². The molecule has 1 unspecified atom stereocenters. The van der Waals surface area contributed by atoms with Crippen molar-refractivity contribution in [2.75, 3.05) is 6.61 Å². The van der Waals surface area contributed by atoms with Crippen LogP contribution in [0.15, 0.2) is 4.99 Å². The van der Waals surface area contributed by atoms with Crippen molar-refractivity contribution in [3.05, 3.63) is 0 Å². The average Bonchev–Trinajstić information content (AvgIpc) is 2.28. The second kappa shape index (κ2) is 2.89. The molecule has 0 bridgehead atoms. The van der Waals surface area contributed by atoms with Crippen LogP contribution >= 0.6 is 0 Å². The summed E-state index contributed by atoms with van der Waals surface area (Å²) in [5, 5.41) is 0. The minimum Gasteiger partial charge on any atom is -0.478 e. The second-order valence-electron chi connectivity index (χ2n) is 4.05. The second-order valence-corrected chi connectivity index (χ2v) is 4.05. The van der Waals surface area contributed by atoms with Crippen molar-refractivity contribution in [2.24, 2.45) is 10.4 Å². The van der Waals surface area contributed by atoms with Crippen LogP contribution in [0, 0.1) is 5.41 Å². The van der Waals surface area contributed by atoms with Crippen molar-refractivity contribution in [3.8, 4) is 0 Å². The van der Waals surface area contributed by atoms with Gasteiger partial charge in [0.05, 0.1) is 0 Å². The molecule has 0 spiro atoms. The lowest BCUT2D eigenvalue weighted by Crippen LogP contribution is -2.27. The van der Waals surface area contributed by atoms with E-state index in [1.165, 1.54) is 0 Å². The summed E-state index contributed by atoms with van der Waals surface area (Å²) in [7, 11) is 0. The van der Waals surface area contributed by atoms with Gasteiger partial charge in [0.15, 0.2) is 11.9 Å². The Labute approximate surface area is 74.8 Å². The van der Waals surface area contributed by atoms with E-state index in [4.69, 9.17) is 4.74 Å². The van der Waals surface area contributed by atoms with Crippen LogP contribution in [0.5, 0.6) is 0 Å². The molecule has 2 nitrogen and oxygen atoms in total. The van der Waals surface area contributed by atoms with Crippen LogP contribution in [0.1, 0.15) is 20.8 Å². The normalized spacial score (nSPS) is 24.2. The summed E-state index contributed by atoms with van der Waals surface area (Å²) in [4.78, 5) is 3.50. The van der Waals surface area contributed by atoms with Crippen LogP contribution in [-0.2, 0) is 4.74 Å². The maximum atomic E-state index is 12.1. The average molecular weight is 195 g/mol. The van der Waals surface area contributed by atoms with E-state index >= 15 is 0 Å². The Morgan fingerprint density at radius 1 is 1.31 bits per heavy atom. The number of halogens is 3.